The lowest BCUT2D eigenvalue weighted by atomic mass is 10.3. The van der Waals surface area contributed by atoms with E-state index in [-0.39, 0.29) is 10.6 Å². The monoisotopic (exact) mass is 313 g/mol. The smallest absolute Gasteiger partial charge is 0.338 e. The Morgan fingerprint density at radius 3 is 2.58 bits per heavy atom. The van der Waals surface area contributed by atoms with E-state index < -0.39 is 5.97 Å². The third kappa shape index (κ3) is 1.78. The van der Waals surface area contributed by atoms with Crippen LogP contribution in [0.15, 0.2) is 15.3 Å². The second-order valence-electron chi connectivity index (χ2n) is 1.89. The van der Waals surface area contributed by atoms with Crippen LogP contribution in [0.25, 0.3) is 0 Å². The molecule has 3 nitrogen and oxygen atoms in total. The van der Waals surface area contributed by atoms with Gasteiger partial charge in [-0.3, -0.25) is 0 Å². The van der Waals surface area contributed by atoms with Crippen LogP contribution < -0.4 is 0 Å². The number of halogens is 3. The van der Waals surface area contributed by atoms with Crippen molar-refractivity contribution in [2.45, 2.75) is 0 Å². The number of carbonyl (C=O) groups is 1. The molecule has 0 aliphatic carbocycles. The molecule has 0 aliphatic heterocycles. The van der Waals surface area contributed by atoms with Gasteiger partial charge >= 0.3 is 5.97 Å². The van der Waals surface area contributed by atoms with E-state index >= 15 is 0 Å². The third-order valence-electron chi connectivity index (χ3n) is 1.14. The summed E-state index contributed by atoms with van der Waals surface area (Å²) in [6.07, 6.45) is 1.37. The zero-order valence-corrected chi connectivity index (χ0v) is 9.44. The predicted molar refractivity (Wildman–Crippen MR) is 51.6 cm³/mol. The van der Waals surface area contributed by atoms with Gasteiger partial charge in [-0.05, 0) is 31.9 Å². The number of pyridine rings is 1. The normalized spacial score (nSPS) is 9.92. The summed E-state index contributed by atoms with van der Waals surface area (Å²) in [5, 5.41) is 8.80. The second kappa shape index (κ2) is 3.72. The third-order valence-corrected chi connectivity index (χ3v) is 2.94. The van der Waals surface area contributed by atoms with E-state index in [2.05, 4.69) is 36.8 Å². The molecular weight excluding hydrogens is 313 g/mol. The maximum atomic E-state index is 10.6. The van der Waals surface area contributed by atoms with Gasteiger partial charge in [-0.2, -0.15) is 0 Å². The van der Waals surface area contributed by atoms with Crippen molar-refractivity contribution in [1.82, 2.24) is 4.98 Å². The van der Waals surface area contributed by atoms with E-state index in [1.807, 2.05) is 0 Å². The molecule has 0 radical (unpaired) electrons. The first kappa shape index (κ1) is 9.95. The van der Waals surface area contributed by atoms with Crippen molar-refractivity contribution in [2.75, 3.05) is 0 Å². The molecular formula is C6H2Br2ClNO2. The number of aromatic carboxylic acids is 1. The summed E-state index contributed by atoms with van der Waals surface area (Å²) >= 11 is 11.7. The molecule has 0 saturated heterocycles. The van der Waals surface area contributed by atoms with Crippen LogP contribution in [0.2, 0.25) is 5.02 Å². The van der Waals surface area contributed by atoms with Gasteiger partial charge in [0.1, 0.15) is 4.60 Å². The van der Waals surface area contributed by atoms with Gasteiger partial charge in [0, 0.05) is 6.20 Å². The minimum atomic E-state index is -1.09. The molecule has 0 saturated carbocycles. The van der Waals surface area contributed by atoms with Crippen molar-refractivity contribution >= 4 is 49.4 Å². The number of hydrogen-bond acceptors (Lipinski definition) is 2. The van der Waals surface area contributed by atoms with E-state index in [1.54, 1.807) is 0 Å². The lowest BCUT2D eigenvalue weighted by Gasteiger charge is -2.01. The summed E-state index contributed by atoms with van der Waals surface area (Å²) in [5.41, 5.74) is 0.0125. The van der Waals surface area contributed by atoms with Crippen LogP contribution in [0.5, 0.6) is 0 Å². The van der Waals surface area contributed by atoms with Crippen LogP contribution in [0, 0.1) is 0 Å². The summed E-state index contributed by atoms with van der Waals surface area (Å²) in [6.45, 7) is 0. The Hall–Kier alpha value is -0.130. The van der Waals surface area contributed by atoms with E-state index in [1.165, 1.54) is 6.20 Å². The molecule has 0 fully saturated rings. The Morgan fingerprint density at radius 1 is 1.58 bits per heavy atom. The Morgan fingerprint density at radius 2 is 2.17 bits per heavy atom. The van der Waals surface area contributed by atoms with Gasteiger partial charge in [-0.25, -0.2) is 9.78 Å². The molecule has 1 aromatic rings. The molecule has 0 spiro atoms. The van der Waals surface area contributed by atoms with Crippen molar-refractivity contribution in [2.24, 2.45) is 0 Å². The molecule has 1 N–H and O–H groups in total. The van der Waals surface area contributed by atoms with Gasteiger partial charge in [0.05, 0.1) is 15.1 Å². The fraction of sp³-hybridized carbons (Fsp3) is 0. The van der Waals surface area contributed by atoms with Crippen LogP contribution in [-0.4, -0.2) is 16.1 Å². The van der Waals surface area contributed by atoms with Crippen molar-refractivity contribution in [3.63, 3.8) is 0 Å². The molecule has 6 heteroatoms. The molecule has 0 aromatic carbocycles. The van der Waals surface area contributed by atoms with Gasteiger partial charge in [-0.15, -0.1) is 0 Å². The maximum absolute atomic E-state index is 10.6. The van der Waals surface area contributed by atoms with E-state index in [0.717, 1.165) is 0 Å². The lowest BCUT2D eigenvalue weighted by Crippen LogP contribution is -2.00. The Balaban J connectivity index is 3.43. The average molecular weight is 315 g/mol. The predicted octanol–water partition coefficient (Wildman–Crippen LogP) is 2.96. The van der Waals surface area contributed by atoms with Crippen molar-refractivity contribution in [3.05, 3.63) is 25.9 Å². The number of aromatic nitrogens is 1. The summed E-state index contributed by atoms with van der Waals surface area (Å²) in [4.78, 5) is 14.4. The van der Waals surface area contributed by atoms with Gasteiger partial charge in [-0.1, -0.05) is 11.6 Å². The highest BCUT2D eigenvalue weighted by Crippen LogP contribution is 2.29. The van der Waals surface area contributed by atoms with E-state index in [9.17, 15) is 4.79 Å². The largest absolute Gasteiger partial charge is 0.478 e. The Bertz CT molecular complexity index is 343. The van der Waals surface area contributed by atoms with Gasteiger partial charge in [0.2, 0.25) is 0 Å². The minimum absolute atomic E-state index is 0.0125. The Labute approximate surface area is 90.0 Å². The summed E-state index contributed by atoms with van der Waals surface area (Å²) in [5.74, 6) is -1.09. The highest BCUT2D eigenvalue weighted by atomic mass is 79.9. The average Bonchev–Trinajstić information content (AvgIpc) is 1.97. The highest BCUT2D eigenvalue weighted by Gasteiger charge is 2.16. The topological polar surface area (TPSA) is 50.2 Å². The molecule has 0 unspecified atom stereocenters. The summed E-state index contributed by atoms with van der Waals surface area (Å²) in [7, 11) is 0. The lowest BCUT2D eigenvalue weighted by molar-refractivity contribution is 0.0696. The highest BCUT2D eigenvalue weighted by molar-refractivity contribution is 9.11. The fourth-order valence-corrected chi connectivity index (χ4v) is 1.76. The SMILES string of the molecule is O=C(O)c1c(Br)cnc(Br)c1Cl. The van der Waals surface area contributed by atoms with Crippen LogP contribution in [0.3, 0.4) is 0 Å². The molecule has 0 amide bonds. The second-order valence-corrected chi connectivity index (χ2v) is 3.87. The number of nitrogens with zero attached hydrogens (tertiary/aromatic N) is 1. The minimum Gasteiger partial charge on any atom is -0.478 e. The number of carboxylic acid groups (broad SMARTS) is 1. The zero-order valence-electron chi connectivity index (χ0n) is 5.51. The number of hydrogen-bond donors (Lipinski definition) is 1. The quantitative estimate of drug-likeness (QED) is 0.811. The first-order valence-electron chi connectivity index (χ1n) is 2.77. The van der Waals surface area contributed by atoms with Gasteiger partial charge in [0.15, 0.2) is 0 Å². The molecule has 0 aliphatic rings. The van der Waals surface area contributed by atoms with Crippen molar-refractivity contribution in [1.29, 1.82) is 0 Å². The fourth-order valence-electron chi connectivity index (χ4n) is 0.639. The molecule has 1 heterocycles. The first-order chi connectivity index (χ1) is 5.54. The van der Waals surface area contributed by atoms with Crippen molar-refractivity contribution in [3.8, 4) is 0 Å². The maximum Gasteiger partial charge on any atom is 0.338 e. The van der Waals surface area contributed by atoms with E-state index in [0.29, 0.717) is 9.08 Å². The first-order valence-corrected chi connectivity index (χ1v) is 4.73. The van der Waals surface area contributed by atoms with Gasteiger partial charge < -0.3 is 5.11 Å². The number of rotatable bonds is 1. The van der Waals surface area contributed by atoms with Gasteiger partial charge in [0.25, 0.3) is 0 Å². The summed E-state index contributed by atoms with van der Waals surface area (Å²) < 4.78 is 0.688. The summed E-state index contributed by atoms with van der Waals surface area (Å²) in [6, 6.07) is 0. The molecule has 1 rings (SSSR count). The van der Waals surface area contributed by atoms with Crippen LogP contribution >= 0.6 is 43.5 Å². The molecule has 64 valence electrons. The van der Waals surface area contributed by atoms with Crippen molar-refractivity contribution < 1.29 is 9.90 Å². The molecule has 0 atom stereocenters. The number of carboxylic acids is 1. The molecule has 12 heavy (non-hydrogen) atoms. The standard InChI is InChI=1S/C6H2Br2ClNO2/c7-2-1-10-5(8)4(9)3(2)6(11)12/h1H,(H,11,12). The van der Waals surface area contributed by atoms with Crippen LogP contribution in [0.1, 0.15) is 10.4 Å². The Kier molecular flexibility index (Phi) is 3.09. The van der Waals surface area contributed by atoms with E-state index in [4.69, 9.17) is 16.7 Å². The van der Waals surface area contributed by atoms with Crippen LogP contribution in [0.4, 0.5) is 0 Å². The molecule has 1 aromatic heterocycles. The zero-order chi connectivity index (χ0) is 9.30. The molecule has 0 bridgehead atoms. The van der Waals surface area contributed by atoms with Crippen LogP contribution in [-0.2, 0) is 0 Å².